The van der Waals surface area contributed by atoms with Crippen molar-refractivity contribution in [1.82, 2.24) is 9.47 Å². The van der Waals surface area contributed by atoms with E-state index in [9.17, 15) is 9.59 Å². The smallest absolute Gasteiger partial charge is 0.345 e. The van der Waals surface area contributed by atoms with E-state index >= 15 is 0 Å². The van der Waals surface area contributed by atoms with Gasteiger partial charge in [-0.05, 0) is 40.3 Å². The van der Waals surface area contributed by atoms with Crippen molar-refractivity contribution in [2.24, 2.45) is 0 Å². The molecule has 182 valence electrons. The Morgan fingerprint density at radius 2 is 1.85 bits per heavy atom. The van der Waals surface area contributed by atoms with Crippen LogP contribution >= 0.6 is 0 Å². The second kappa shape index (κ2) is 10.3. The molecule has 0 bridgehead atoms. The second-order valence-corrected chi connectivity index (χ2v) is 8.70. The Labute approximate surface area is 200 Å². The van der Waals surface area contributed by atoms with Crippen LogP contribution in [0.5, 0.6) is 11.5 Å². The van der Waals surface area contributed by atoms with Crippen LogP contribution < -0.4 is 19.9 Å². The molecule has 1 saturated heterocycles. The summed E-state index contributed by atoms with van der Waals surface area (Å²) in [5.41, 5.74) is 2.10. The number of rotatable bonds is 7. The molecule has 8 heteroatoms. The molecule has 0 atom stereocenters. The molecule has 1 aromatic carbocycles. The third-order valence-electron chi connectivity index (χ3n) is 6.28. The summed E-state index contributed by atoms with van der Waals surface area (Å²) < 4.78 is 18.3. The molecule has 1 fully saturated rings. The van der Waals surface area contributed by atoms with Gasteiger partial charge in [-0.3, -0.25) is 4.79 Å². The van der Waals surface area contributed by atoms with Crippen molar-refractivity contribution in [3.63, 3.8) is 0 Å². The largest absolute Gasteiger partial charge is 0.462 e. The summed E-state index contributed by atoms with van der Waals surface area (Å²) in [6, 6.07) is 3.75. The number of likely N-dealkylation sites (N-methyl/N-ethyl adjacent to an activating group) is 1. The van der Waals surface area contributed by atoms with Gasteiger partial charge >= 0.3 is 5.97 Å². The molecule has 2 aromatic rings. The van der Waals surface area contributed by atoms with Crippen molar-refractivity contribution in [2.75, 3.05) is 51.5 Å². The van der Waals surface area contributed by atoms with Gasteiger partial charge in [-0.15, -0.1) is 0 Å². The Hall–Kier alpha value is -3.26. The maximum absolute atomic E-state index is 13.9. The number of nitrogens with zero attached hydrogens (tertiary/aromatic N) is 3. The third-order valence-corrected chi connectivity index (χ3v) is 6.28. The first-order valence-corrected chi connectivity index (χ1v) is 11.8. The van der Waals surface area contributed by atoms with E-state index in [-0.39, 0.29) is 24.5 Å². The van der Waals surface area contributed by atoms with Crippen molar-refractivity contribution in [3.05, 3.63) is 51.9 Å². The van der Waals surface area contributed by atoms with Gasteiger partial charge in [0.05, 0.1) is 17.8 Å². The monoisotopic (exact) mass is 467 g/mol. The van der Waals surface area contributed by atoms with E-state index in [2.05, 4.69) is 29.0 Å². The van der Waals surface area contributed by atoms with E-state index < -0.39 is 5.97 Å². The first kappa shape index (κ1) is 23.9. The number of aromatic nitrogens is 1. The number of pyridine rings is 1. The summed E-state index contributed by atoms with van der Waals surface area (Å²) in [5, 5.41) is 0.790. The highest BCUT2D eigenvalue weighted by Crippen LogP contribution is 2.40. The quantitative estimate of drug-likeness (QED) is 0.455. The van der Waals surface area contributed by atoms with Gasteiger partial charge in [-0.1, -0.05) is 23.8 Å². The Kier molecular flexibility index (Phi) is 7.26. The van der Waals surface area contributed by atoms with Crippen LogP contribution in [-0.2, 0) is 11.3 Å². The van der Waals surface area contributed by atoms with Crippen LogP contribution in [0.1, 0.15) is 37.6 Å². The lowest BCUT2D eigenvalue weighted by Crippen LogP contribution is -2.46. The minimum absolute atomic E-state index is 0.0824. The predicted molar refractivity (Wildman–Crippen MR) is 133 cm³/mol. The Morgan fingerprint density at radius 3 is 2.53 bits per heavy atom. The molecule has 0 spiro atoms. The highest BCUT2D eigenvalue weighted by molar-refractivity contribution is 6.06. The van der Waals surface area contributed by atoms with E-state index in [1.807, 2.05) is 32.1 Å². The average Bonchev–Trinajstić information content (AvgIpc) is 3.28. The fourth-order valence-electron chi connectivity index (χ4n) is 4.45. The number of piperazine rings is 1. The molecule has 0 unspecified atom stereocenters. The highest BCUT2D eigenvalue weighted by Gasteiger charge is 2.30. The van der Waals surface area contributed by atoms with E-state index in [4.69, 9.17) is 14.2 Å². The molecule has 0 saturated carbocycles. The predicted octanol–water partition coefficient (Wildman–Crippen LogP) is 3.57. The van der Waals surface area contributed by atoms with Crippen LogP contribution in [0.2, 0.25) is 0 Å². The lowest BCUT2D eigenvalue weighted by Gasteiger charge is -2.35. The molecule has 0 radical (unpaired) electrons. The van der Waals surface area contributed by atoms with Gasteiger partial charge < -0.3 is 28.6 Å². The zero-order chi connectivity index (χ0) is 24.2. The number of anilines is 1. The van der Waals surface area contributed by atoms with Gasteiger partial charge in [0.2, 0.25) is 6.79 Å². The summed E-state index contributed by atoms with van der Waals surface area (Å²) in [6.45, 7) is 9.50. The van der Waals surface area contributed by atoms with Crippen molar-refractivity contribution in [3.8, 4) is 11.5 Å². The molecule has 2 aliphatic heterocycles. The van der Waals surface area contributed by atoms with Crippen LogP contribution in [0.3, 0.4) is 0 Å². The van der Waals surface area contributed by atoms with E-state index in [0.717, 1.165) is 36.0 Å². The van der Waals surface area contributed by atoms with Crippen molar-refractivity contribution < 1.29 is 19.0 Å². The number of allylic oxidation sites excluding steroid dienone is 4. The number of hydrogen-bond donors (Lipinski definition) is 0. The van der Waals surface area contributed by atoms with Crippen LogP contribution in [0.4, 0.5) is 5.69 Å². The zero-order valence-corrected chi connectivity index (χ0v) is 20.4. The number of hydrogen-bond acceptors (Lipinski definition) is 7. The Morgan fingerprint density at radius 1 is 1.15 bits per heavy atom. The molecular formula is C26H33N3O5. The SMILES string of the molecule is C/C=C\C/C=C(\C)Cn1c(=O)c(C(=O)OCC)c(N2CCN(C)CC2)c2cc3c(cc21)OCO3. The van der Waals surface area contributed by atoms with Crippen LogP contribution in [0.25, 0.3) is 10.9 Å². The number of esters is 1. The van der Waals surface area contributed by atoms with Gasteiger partial charge in [0, 0.05) is 44.2 Å². The first-order chi connectivity index (χ1) is 16.4. The number of ether oxygens (including phenoxy) is 3. The van der Waals surface area contributed by atoms with E-state index in [0.29, 0.717) is 36.8 Å². The first-order valence-electron chi connectivity index (χ1n) is 11.8. The lowest BCUT2D eigenvalue weighted by molar-refractivity contribution is 0.0524. The van der Waals surface area contributed by atoms with E-state index in [1.165, 1.54) is 0 Å². The summed E-state index contributed by atoms with van der Waals surface area (Å²) >= 11 is 0. The molecule has 0 N–H and O–H groups in total. The summed E-state index contributed by atoms with van der Waals surface area (Å²) in [4.78, 5) is 31.4. The summed E-state index contributed by atoms with van der Waals surface area (Å²) in [5.74, 6) is 0.623. The van der Waals surface area contributed by atoms with Crippen LogP contribution in [0, 0.1) is 0 Å². The Bertz CT molecular complexity index is 1190. The van der Waals surface area contributed by atoms with Gasteiger partial charge in [-0.2, -0.15) is 0 Å². The van der Waals surface area contributed by atoms with Crippen LogP contribution in [-0.4, -0.2) is 62.1 Å². The molecule has 3 heterocycles. The van der Waals surface area contributed by atoms with Crippen molar-refractivity contribution in [2.45, 2.75) is 33.7 Å². The average molecular weight is 468 g/mol. The summed E-state index contributed by atoms with van der Waals surface area (Å²) in [7, 11) is 2.07. The van der Waals surface area contributed by atoms with Gasteiger partial charge in [-0.25, -0.2) is 4.79 Å². The molecule has 0 aliphatic carbocycles. The second-order valence-electron chi connectivity index (χ2n) is 8.70. The minimum Gasteiger partial charge on any atom is -0.462 e. The summed E-state index contributed by atoms with van der Waals surface area (Å²) in [6.07, 6.45) is 6.92. The number of carbonyl (C=O) groups excluding carboxylic acids is 1. The molecule has 2 aliphatic rings. The zero-order valence-electron chi connectivity index (χ0n) is 20.4. The van der Waals surface area contributed by atoms with E-state index in [1.54, 1.807) is 11.5 Å². The molecule has 1 aromatic heterocycles. The topological polar surface area (TPSA) is 73.2 Å². The van der Waals surface area contributed by atoms with Gasteiger partial charge in [0.1, 0.15) is 5.56 Å². The molecule has 0 amide bonds. The van der Waals surface area contributed by atoms with Gasteiger partial charge in [0.25, 0.3) is 5.56 Å². The van der Waals surface area contributed by atoms with Crippen LogP contribution in [0.15, 0.2) is 40.7 Å². The van der Waals surface area contributed by atoms with Crippen molar-refractivity contribution >= 4 is 22.6 Å². The normalized spacial score (nSPS) is 16.6. The number of benzene rings is 1. The minimum atomic E-state index is -0.592. The molecule has 4 rings (SSSR count). The molecule has 8 nitrogen and oxygen atoms in total. The van der Waals surface area contributed by atoms with Gasteiger partial charge in [0.15, 0.2) is 11.5 Å². The fraction of sp³-hybridized carbons (Fsp3) is 0.462. The third kappa shape index (κ3) is 4.68. The Balaban J connectivity index is 1.97. The number of fused-ring (bicyclic) bond motifs is 2. The maximum atomic E-state index is 13.9. The fourth-order valence-corrected chi connectivity index (χ4v) is 4.45. The molecule has 34 heavy (non-hydrogen) atoms. The van der Waals surface area contributed by atoms with Crippen molar-refractivity contribution in [1.29, 1.82) is 0 Å². The molecular weight excluding hydrogens is 434 g/mol. The number of carbonyl (C=O) groups is 1. The standard InChI is InChI=1S/C26H33N3O5/c1-5-7-8-9-18(3)16-29-20-15-22-21(33-17-34-22)14-19(20)24(28-12-10-27(4)11-13-28)23(25(29)30)26(31)32-6-2/h5,7,9,14-15H,6,8,10-13,16-17H2,1-4H3/b7-5-,18-9+. The maximum Gasteiger partial charge on any atom is 0.345 e. The highest BCUT2D eigenvalue weighted by atomic mass is 16.7. The lowest BCUT2D eigenvalue weighted by atomic mass is 10.0.